The normalized spacial score (nSPS) is 12.9. The Labute approximate surface area is 103 Å². The first-order valence-corrected chi connectivity index (χ1v) is 5.80. The number of hydrogen-bond donors (Lipinski definition) is 2. The fourth-order valence-electron chi connectivity index (χ4n) is 1.35. The maximum Gasteiger partial charge on any atom is 0.124 e. The summed E-state index contributed by atoms with van der Waals surface area (Å²) in [5, 5.41) is 12.7. The number of nitrogens with one attached hydrogen (secondary N) is 1. The molecule has 0 aromatic heterocycles. The molecular formula is C11H16BrFN2O. The number of aliphatic hydroxyl groups excluding tert-OH is 1. The molecule has 1 aromatic rings. The van der Waals surface area contributed by atoms with Gasteiger partial charge in [-0.05, 0) is 48.2 Å². The zero-order valence-corrected chi connectivity index (χ0v) is 11.0. The van der Waals surface area contributed by atoms with Crippen LogP contribution in [0.1, 0.15) is 0 Å². The maximum absolute atomic E-state index is 12.8. The van der Waals surface area contributed by atoms with E-state index >= 15 is 0 Å². The van der Waals surface area contributed by atoms with Gasteiger partial charge >= 0.3 is 0 Å². The first kappa shape index (κ1) is 13.4. The first-order chi connectivity index (χ1) is 7.49. The third-order valence-corrected chi connectivity index (χ3v) is 2.69. The molecule has 0 amide bonds. The number of benzene rings is 1. The van der Waals surface area contributed by atoms with Crippen molar-refractivity contribution in [2.45, 2.75) is 6.10 Å². The molecule has 5 heteroatoms. The van der Waals surface area contributed by atoms with Crippen LogP contribution in [-0.4, -0.2) is 43.3 Å². The Hall–Kier alpha value is -0.650. The standard InChI is InChI=1S/C11H16BrFN2O/c1-15(2)7-9(16)6-14-11-4-3-8(13)5-10(11)12/h3-5,9,14,16H,6-7H2,1-2H3. The number of rotatable bonds is 5. The Bertz CT molecular complexity index is 347. The average Bonchev–Trinajstić information content (AvgIpc) is 2.15. The van der Waals surface area contributed by atoms with Gasteiger partial charge in [0.25, 0.3) is 0 Å². The molecule has 1 rings (SSSR count). The van der Waals surface area contributed by atoms with Crippen LogP contribution in [0, 0.1) is 5.82 Å². The molecule has 0 aliphatic carbocycles. The van der Waals surface area contributed by atoms with Gasteiger partial charge in [0.2, 0.25) is 0 Å². The maximum atomic E-state index is 12.8. The Morgan fingerprint density at radius 2 is 2.19 bits per heavy atom. The largest absolute Gasteiger partial charge is 0.390 e. The smallest absolute Gasteiger partial charge is 0.124 e. The molecule has 0 radical (unpaired) electrons. The van der Waals surface area contributed by atoms with Crippen molar-refractivity contribution in [3.05, 3.63) is 28.5 Å². The Morgan fingerprint density at radius 1 is 1.50 bits per heavy atom. The van der Waals surface area contributed by atoms with Crippen LogP contribution < -0.4 is 5.32 Å². The molecule has 1 unspecified atom stereocenters. The van der Waals surface area contributed by atoms with E-state index < -0.39 is 6.10 Å². The Balaban J connectivity index is 2.48. The van der Waals surface area contributed by atoms with E-state index in [0.29, 0.717) is 17.6 Å². The van der Waals surface area contributed by atoms with Crippen molar-refractivity contribution in [2.75, 3.05) is 32.5 Å². The summed E-state index contributed by atoms with van der Waals surface area (Å²) in [6.45, 7) is 1.02. The van der Waals surface area contributed by atoms with E-state index in [2.05, 4.69) is 21.2 Å². The van der Waals surface area contributed by atoms with E-state index in [1.165, 1.54) is 12.1 Å². The number of anilines is 1. The average molecular weight is 291 g/mol. The van der Waals surface area contributed by atoms with Gasteiger partial charge in [0.1, 0.15) is 5.82 Å². The lowest BCUT2D eigenvalue weighted by Crippen LogP contribution is -2.31. The van der Waals surface area contributed by atoms with Crippen molar-refractivity contribution in [2.24, 2.45) is 0 Å². The summed E-state index contributed by atoms with van der Waals surface area (Å²) in [6.07, 6.45) is -0.452. The van der Waals surface area contributed by atoms with E-state index in [1.54, 1.807) is 6.07 Å². The van der Waals surface area contributed by atoms with E-state index in [-0.39, 0.29) is 5.82 Å². The van der Waals surface area contributed by atoms with Gasteiger partial charge in [0.05, 0.1) is 6.10 Å². The topological polar surface area (TPSA) is 35.5 Å². The number of aliphatic hydroxyl groups is 1. The van der Waals surface area contributed by atoms with Crippen molar-refractivity contribution in [1.29, 1.82) is 0 Å². The molecule has 90 valence electrons. The molecule has 3 nitrogen and oxygen atoms in total. The molecule has 16 heavy (non-hydrogen) atoms. The zero-order valence-electron chi connectivity index (χ0n) is 9.37. The monoisotopic (exact) mass is 290 g/mol. The number of hydrogen-bond acceptors (Lipinski definition) is 3. The van der Waals surface area contributed by atoms with Crippen LogP contribution in [0.3, 0.4) is 0 Å². The number of nitrogens with zero attached hydrogens (tertiary/aromatic N) is 1. The minimum atomic E-state index is -0.452. The van der Waals surface area contributed by atoms with Crippen LogP contribution in [0.4, 0.5) is 10.1 Å². The second-order valence-electron chi connectivity index (χ2n) is 3.92. The van der Waals surface area contributed by atoms with Crippen molar-refractivity contribution in [1.82, 2.24) is 4.90 Å². The lowest BCUT2D eigenvalue weighted by molar-refractivity contribution is 0.148. The van der Waals surface area contributed by atoms with Gasteiger partial charge in [-0.15, -0.1) is 0 Å². The highest BCUT2D eigenvalue weighted by molar-refractivity contribution is 9.10. The van der Waals surface area contributed by atoms with Crippen molar-refractivity contribution in [3.63, 3.8) is 0 Å². The van der Waals surface area contributed by atoms with Crippen LogP contribution in [0.25, 0.3) is 0 Å². The predicted octanol–water partition coefficient (Wildman–Crippen LogP) is 1.92. The SMILES string of the molecule is CN(C)CC(O)CNc1ccc(F)cc1Br. The third kappa shape index (κ3) is 4.47. The summed E-state index contributed by atoms with van der Waals surface area (Å²) in [4.78, 5) is 1.91. The van der Waals surface area contributed by atoms with Gasteiger partial charge in [0, 0.05) is 23.2 Å². The van der Waals surface area contributed by atoms with Gasteiger partial charge < -0.3 is 15.3 Å². The molecule has 0 saturated heterocycles. The highest BCUT2D eigenvalue weighted by Crippen LogP contribution is 2.22. The molecule has 0 heterocycles. The van der Waals surface area contributed by atoms with Crippen LogP contribution in [-0.2, 0) is 0 Å². The molecule has 1 atom stereocenters. The van der Waals surface area contributed by atoms with E-state index in [1.807, 2.05) is 19.0 Å². The fraction of sp³-hybridized carbons (Fsp3) is 0.455. The molecule has 0 bridgehead atoms. The molecule has 0 spiro atoms. The minimum absolute atomic E-state index is 0.286. The van der Waals surface area contributed by atoms with Crippen LogP contribution in [0.15, 0.2) is 22.7 Å². The van der Waals surface area contributed by atoms with Gasteiger partial charge in [-0.25, -0.2) is 4.39 Å². The molecule has 1 aromatic carbocycles. The molecule has 0 saturated carbocycles. The van der Waals surface area contributed by atoms with Gasteiger partial charge in [-0.3, -0.25) is 0 Å². The van der Waals surface area contributed by atoms with Crippen molar-refractivity contribution in [3.8, 4) is 0 Å². The summed E-state index contributed by atoms with van der Waals surface area (Å²) in [5.74, 6) is -0.286. The minimum Gasteiger partial charge on any atom is -0.390 e. The summed E-state index contributed by atoms with van der Waals surface area (Å²) in [5.41, 5.74) is 0.777. The summed E-state index contributed by atoms with van der Waals surface area (Å²) < 4.78 is 13.5. The second-order valence-corrected chi connectivity index (χ2v) is 4.78. The lowest BCUT2D eigenvalue weighted by Gasteiger charge is -2.17. The van der Waals surface area contributed by atoms with Crippen LogP contribution >= 0.6 is 15.9 Å². The quantitative estimate of drug-likeness (QED) is 0.870. The molecule has 0 aliphatic heterocycles. The summed E-state index contributed by atoms with van der Waals surface area (Å²) in [7, 11) is 3.80. The zero-order chi connectivity index (χ0) is 12.1. The number of likely N-dealkylation sites (N-methyl/N-ethyl adjacent to an activating group) is 1. The molecular weight excluding hydrogens is 275 g/mol. The lowest BCUT2D eigenvalue weighted by atomic mass is 10.3. The highest BCUT2D eigenvalue weighted by atomic mass is 79.9. The summed E-state index contributed by atoms with van der Waals surface area (Å²) in [6, 6.07) is 4.41. The molecule has 0 aliphatic rings. The van der Waals surface area contributed by atoms with E-state index in [4.69, 9.17) is 0 Å². The van der Waals surface area contributed by atoms with Crippen LogP contribution in [0.2, 0.25) is 0 Å². The van der Waals surface area contributed by atoms with Gasteiger partial charge in [-0.1, -0.05) is 0 Å². The summed E-state index contributed by atoms with van der Waals surface area (Å²) >= 11 is 3.25. The second kappa shape index (κ2) is 6.18. The van der Waals surface area contributed by atoms with E-state index in [0.717, 1.165) is 5.69 Å². The number of halogens is 2. The van der Waals surface area contributed by atoms with Crippen molar-refractivity contribution >= 4 is 21.6 Å². The third-order valence-electron chi connectivity index (χ3n) is 2.04. The first-order valence-electron chi connectivity index (χ1n) is 5.00. The molecule has 0 fully saturated rings. The highest BCUT2D eigenvalue weighted by Gasteiger charge is 2.06. The predicted molar refractivity (Wildman–Crippen MR) is 67.2 cm³/mol. The Morgan fingerprint density at radius 3 is 2.75 bits per heavy atom. The van der Waals surface area contributed by atoms with Crippen molar-refractivity contribution < 1.29 is 9.50 Å². The molecule has 2 N–H and O–H groups in total. The Kier molecular flexibility index (Phi) is 5.18. The fourth-order valence-corrected chi connectivity index (χ4v) is 1.84. The van der Waals surface area contributed by atoms with Gasteiger partial charge in [-0.2, -0.15) is 0 Å². The van der Waals surface area contributed by atoms with Crippen LogP contribution in [0.5, 0.6) is 0 Å². The van der Waals surface area contributed by atoms with E-state index in [9.17, 15) is 9.50 Å². The van der Waals surface area contributed by atoms with Gasteiger partial charge in [0.15, 0.2) is 0 Å².